The van der Waals surface area contributed by atoms with Crippen LogP contribution in [0, 0.1) is 5.82 Å². The Labute approximate surface area is 117 Å². The summed E-state index contributed by atoms with van der Waals surface area (Å²) in [5, 5.41) is 13.0. The van der Waals surface area contributed by atoms with Gasteiger partial charge in [0, 0.05) is 0 Å². The predicted molar refractivity (Wildman–Crippen MR) is 72.2 cm³/mol. The van der Waals surface area contributed by atoms with Crippen molar-refractivity contribution in [2.75, 3.05) is 13.2 Å². The van der Waals surface area contributed by atoms with Crippen LogP contribution in [0.5, 0.6) is 0 Å². The zero-order chi connectivity index (χ0) is 14.6. The quantitative estimate of drug-likeness (QED) is 0.884. The number of ether oxygens (including phenoxy) is 1. The first-order valence-corrected chi connectivity index (χ1v) is 6.58. The molecule has 1 aliphatic rings. The zero-order valence-corrected chi connectivity index (χ0v) is 11.4. The minimum Gasteiger partial charge on any atom is -0.488 e. The first-order chi connectivity index (χ1) is 9.49. The van der Waals surface area contributed by atoms with Crippen molar-refractivity contribution in [2.24, 2.45) is 0 Å². The molecule has 20 heavy (non-hydrogen) atoms. The largest absolute Gasteiger partial charge is 0.488 e. The minimum atomic E-state index is -1.27. The fraction of sp³-hybridized carbons (Fsp3) is 0.400. The molecule has 1 atom stereocenters. The number of allylic oxidation sites excluding steroid dienone is 1. The number of nitrogens with one attached hydrogen (secondary N) is 1. The summed E-state index contributed by atoms with van der Waals surface area (Å²) < 4.78 is 18.1. The van der Waals surface area contributed by atoms with Gasteiger partial charge in [0.1, 0.15) is 11.4 Å². The van der Waals surface area contributed by atoms with Crippen LogP contribution in [0.2, 0.25) is 0 Å². The predicted octanol–water partition coefficient (Wildman–Crippen LogP) is 1.84. The van der Waals surface area contributed by atoms with Gasteiger partial charge in [0.05, 0.1) is 13.2 Å². The second-order valence-electron chi connectivity index (χ2n) is 5.02. The molecule has 0 saturated carbocycles. The van der Waals surface area contributed by atoms with Gasteiger partial charge in [0.25, 0.3) is 5.91 Å². The van der Waals surface area contributed by atoms with Gasteiger partial charge in [0.2, 0.25) is 0 Å². The van der Waals surface area contributed by atoms with Crippen molar-refractivity contribution >= 4 is 5.91 Å². The molecule has 0 saturated heterocycles. The van der Waals surface area contributed by atoms with Crippen LogP contribution < -0.4 is 5.32 Å². The lowest BCUT2D eigenvalue weighted by atomic mass is 9.96. The van der Waals surface area contributed by atoms with E-state index in [1.165, 1.54) is 24.3 Å². The highest BCUT2D eigenvalue weighted by molar-refractivity contribution is 5.91. The highest BCUT2D eigenvalue weighted by Crippen LogP contribution is 2.20. The Bertz CT molecular complexity index is 508. The molecule has 0 radical (unpaired) electrons. The van der Waals surface area contributed by atoms with E-state index in [0.717, 1.165) is 12.8 Å². The molecule has 0 aliphatic carbocycles. The molecular weight excluding hydrogens is 261 g/mol. The fourth-order valence-corrected chi connectivity index (χ4v) is 1.97. The van der Waals surface area contributed by atoms with Crippen LogP contribution in [0.15, 0.2) is 36.1 Å². The molecule has 1 heterocycles. The van der Waals surface area contributed by atoms with Crippen molar-refractivity contribution in [3.63, 3.8) is 0 Å². The Morgan fingerprint density at radius 2 is 2.15 bits per heavy atom. The lowest BCUT2D eigenvalue weighted by Crippen LogP contribution is -2.39. The van der Waals surface area contributed by atoms with Crippen molar-refractivity contribution in [1.82, 2.24) is 5.32 Å². The second-order valence-corrected chi connectivity index (χ2v) is 5.02. The van der Waals surface area contributed by atoms with Crippen molar-refractivity contribution in [1.29, 1.82) is 0 Å². The molecule has 1 amide bonds. The molecule has 1 aromatic rings. The number of carbonyl (C=O) groups is 1. The van der Waals surface area contributed by atoms with E-state index in [1.807, 2.05) is 0 Å². The van der Waals surface area contributed by atoms with E-state index in [-0.39, 0.29) is 18.3 Å². The van der Waals surface area contributed by atoms with Gasteiger partial charge < -0.3 is 15.2 Å². The van der Waals surface area contributed by atoms with E-state index < -0.39 is 5.60 Å². The number of rotatable bonds is 4. The molecule has 2 rings (SSSR count). The Balaban J connectivity index is 1.96. The number of hydrogen-bond acceptors (Lipinski definition) is 3. The van der Waals surface area contributed by atoms with Crippen LogP contribution in [0.25, 0.3) is 0 Å². The summed E-state index contributed by atoms with van der Waals surface area (Å²) in [6.45, 7) is 2.13. The first-order valence-electron chi connectivity index (χ1n) is 6.58. The monoisotopic (exact) mass is 279 g/mol. The van der Waals surface area contributed by atoms with Crippen molar-refractivity contribution in [3.05, 3.63) is 47.5 Å². The van der Waals surface area contributed by atoms with Crippen LogP contribution in [0.3, 0.4) is 0 Å². The molecule has 108 valence electrons. The number of amides is 1. The van der Waals surface area contributed by atoms with E-state index in [2.05, 4.69) is 5.32 Å². The molecule has 0 spiro atoms. The molecule has 0 bridgehead atoms. The summed E-state index contributed by atoms with van der Waals surface area (Å²) in [6, 6.07) is 5.55. The molecule has 0 aromatic heterocycles. The number of hydrogen-bond donors (Lipinski definition) is 2. The maximum Gasteiger partial charge on any atom is 0.286 e. The topological polar surface area (TPSA) is 58.6 Å². The molecule has 0 fully saturated rings. The number of halogens is 1. The van der Waals surface area contributed by atoms with Gasteiger partial charge in [-0.2, -0.15) is 0 Å². The Morgan fingerprint density at radius 3 is 2.75 bits per heavy atom. The van der Waals surface area contributed by atoms with E-state index in [1.54, 1.807) is 13.0 Å². The Morgan fingerprint density at radius 1 is 1.45 bits per heavy atom. The third-order valence-electron chi connectivity index (χ3n) is 3.22. The fourth-order valence-electron chi connectivity index (χ4n) is 1.97. The van der Waals surface area contributed by atoms with Gasteiger partial charge in [-0.3, -0.25) is 4.79 Å². The SMILES string of the molecule is CC(O)(CNC(=O)C1=CCCCO1)c1ccc(F)cc1. The molecule has 1 unspecified atom stereocenters. The van der Waals surface area contributed by atoms with Gasteiger partial charge in [-0.15, -0.1) is 0 Å². The van der Waals surface area contributed by atoms with Gasteiger partial charge in [-0.1, -0.05) is 12.1 Å². The summed E-state index contributed by atoms with van der Waals surface area (Å²) in [6.07, 6.45) is 3.46. The standard InChI is InChI=1S/C15H18FNO3/c1-15(19,11-5-7-12(16)8-6-11)10-17-14(18)13-4-2-3-9-20-13/h4-8,19H,2-3,9-10H2,1H3,(H,17,18). The van der Waals surface area contributed by atoms with Crippen molar-refractivity contribution < 1.29 is 19.0 Å². The maximum atomic E-state index is 12.9. The van der Waals surface area contributed by atoms with E-state index >= 15 is 0 Å². The Kier molecular flexibility index (Phi) is 4.39. The maximum absolute atomic E-state index is 12.9. The number of benzene rings is 1. The summed E-state index contributed by atoms with van der Waals surface area (Å²) in [7, 11) is 0. The summed E-state index contributed by atoms with van der Waals surface area (Å²) in [5.41, 5.74) is -0.726. The molecule has 1 aromatic carbocycles. The minimum absolute atomic E-state index is 0.0260. The Hall–Kier alpha value is -1.88. The number of carbonyl (C=O) groups excluding carboxylic acids is 1. The van der Waals surface area contributed by atoms with E-state index in [0.29, 0.717) is 17.9 Å². The van der Waals surface area contributed by atoms with Gasteiger partial charge in [-0.25, -0.2) is 4.39 Å². The molecule has 1 aliphatic heterocycles. The van der Waals surface area contributed by atoms with Crippen LogP contribution in [0.1, 0.15) is 25.3 Å². The van der Waals surface area contributed by atoms with Crippen LogP contribution in [0.4, 0.5) is 4.39 Å². The normalized spacial score (nSPS) is 17.6. The summed E-state index contributed by atoms with van der Waals surface area (Å²) in [4.78, 5) is 11.9. The highest BCUT2D eigenvalue weighted by atomic mass is 19.1. The molecule has 5 heteroatoms. The van der Waals surface area contributed by atoms with Gasteiger partial charge in [0.15, 0.2) is 5.76 Å². The van der Waals surface area contributed by atoms with Crippen molar-refractivity contribution in [2.45, 2.75) is 25.4 Å². The van der Waals surface area contributed by atoms with E-state index in [9.17, 15) is 14.3 Å². The average Bonchev–Trinajstić information content (AvgIpc) is 2.46. The lowest BCUT2D eigenvalue weighted by Gasteiger charge is -2.25. The van der Waals surface area contributed by atoms with Crippen LogP contribution in [-0.4, -0.2) is 24.2 Å². The average molecular weight is 279 g/mol. The van der Waals surface area contributed by atoms with Crippen molar-refractivity contribution in [3.8, 4) is 0 Å². The van der Waals surface area contributed by atoms with Gasteiger partial charge in [-0.05, 0) is 43.5 Å². The molecule has 4 nitrogen and oxygen atoms in total. The summed E-state index contributed by atoms with van der Waals surface area (Å²) >= 11 is 0. The first kappa shape index (κ1) is 14.5. The van der Waals surface area contributed by atoms with Crippen LogP contribution in [-0.2, 0) is 15.1 Å². The second kappa shape index (κ2) is 6.05. The number of aliphatic hydroxyl groups is 1. The highest BCUT2D eigenvalue weighted by Gasteiger charge is 2.25. The molecular formula is C15H18FNO3. The van der Waals surface area contributed by atoms with Crippen LogP contribution >= 0.6 is 0 Å². The smallest absolute Gasteiger partial charge is 0.286 e. The molecule has 2 N–H and O–H groups in total. The van der Waals surface area contributed by atoms with E-state index in [4.69, 9.17) is 4.74 Å². The third-order valence-corrected chi connectivity index (χ3v) is 3.22. The lowest BCUT2D eigenvalue weighted by molar-refractivity contribution is -0.122. The van der Waals surface area contributed by atoms with Gasteiger partial charge >= 0.3 is 0 Å². The summed E-state index contributed by atoms with van der Waals surface area (Å²) in [5.74, 6) is -0.410. The third kappa shape index (κ3) is 3.57. The zero-order valence-electron chi connectivity index (χ0n) is 11.4.